The zero-order chi connectivity index (χ0) is 26.0. The number of carboxylic acids is 1. The highest BCUT2D eigenvalue weighted by Crippen LogP contribution is 2.18. The summed E-state index contributed by atoms with van der Waals surface area (Å²) in [5, 5.41) is 10.2. The second-order valence-corrected chi connectivity index (χ2v) is 11.4. The Morgan fingerprint density at radius 2 is 1.65 bits per heavy atom. The number of hydrogen-bond acceptors (Lipinski definition) is 7. The van der Waals surface area contributed by atoms with E-state index < -0.39 is 32.2 Å². The molecular weight excluding hydrogens is 503 g/mol. The van der Waals surface area contributed by atoms with Gasteiger partial charge in [0.1, 0.15) is 0 Å². The Morgan fingerprint density at radius 1 is 1.12 bits per heavy atom. The van der Waals surface area contributed by atoms with Crippen LogP contribution in [0, 0.1) is 6.92 Å². The first-order valence-electron chi connectivity index (χ1n) is 10.3. The highest BCUT2D eigenvalue weighted by atomic mass is 32.2. The van der Waals surface area contributed by atoms with Crippen LogP contribution in [0.15, 0.2) is 29.2 Å². The van der Waals surface area contributed by atoms with Crippen LogP contribution in [0.1, 0.15) is 12.0 Å². The minimum atomic E-state index is -5.08. The Labute approximate surface area is 197 Å². The van der Waals surface area contributed by atoms with Gasteiger partial charge < -0.3 is 15.2 Å². The molecule has 15 heteroatoms. The number of carboxylic acid groups (broad SMARTS) is 1. The Kier molecular flexibility index (Phi) is 11.9. The number of nitrogens with zero attached hydrogens (tertiary/aromatic N) is 2. The number of nitrogens with one attached hydrogen (secondary N) is 1. The molecule has 1 saturated heterocycles. The van der Waals surface area contributed by atoms with Crippen LogP contribution in [0.5, 0.6) is 0 Å². The molecule has 1 aliphatic rings. The minimum Gasteiger partial charge on any atom is -0.475 e. The molecule has 0 saturated carbocycles. The van der Waals surface area contributed by atoms with Crippen molar-refractivity contribution in [2.24, 2.45) is 0 Å². The molecule has 1 heterocycles. The van der Waals surface area contributed by atoms with E-state index in [2.05, 4.69) is 5.32 Å². The van der Waals surface area contributed by atoms with Gasteiger partial charge in [-0.25, -0.2) is 21.6 Å². The number of carbonyl (C=O) groups is 1. The number of rotatable bonds is 10. The van der Waals surface area contributed by atoms with Crippen molar-refractivity contribution in [3.8, 4) is 0 Å². The van der Waals surface area contributed by atoms with E-state index >= 15 is 0 Å². The second-order valence-electron chi connectivity index (χ2n) is 7.33. The van der Waals surface area contributed by atoms with Crippen molar-refractivity contribution in [2.45, 2.75) is 24.4 Å². The monoisotopic (exact) mass is 533 g/mol. The summed E-state index contributed by atoms with van der Waals surface area (Å²) in [6, 6.07) is 6.58. The number of halogens is 3. The van der Waals surface area contributed by atoms with Crippen molar-refractivity contribution in [3.05, 3.63) is 29.8 Å². The lowest BCUT2D eigenvalue weighted by molar-refractivity contribution is -0.192. The van der Waals surface area contributed by atoms with Crippen molar-refractivity contribution >= 4 is 26.0 Å². The quantitative estimate of drug-likeness (QED) is 0.424. The highest BCUT2D eigenvalue weighted by molar-refractivity contribution is 7.90. The lowest BCUT2D eigenvalue weighted by Gasteiger charge is -2.28. The average molecular weight is 534 g/mol. The van der Waals surface area contributed by atoms with Gasteiger partial charge in [-0.1, -0.05) is 17.7 Å². The van der Waals surface area contributed by atoms with Gasteiger partial charge in [-0.3, -0.25) is 0 Å². The largest absolute Gasteiger partial charge is 0.490 e. The molecule has 1 aromatic rings. The summed E-state index contributed by atoms with van der Waals surface area (Å²) in [4.78, 5) is 9.07. The summed E-state index contributed by atoms with van der Waals surface area (Å²) >= 11 is 0. The lowest BCUT2D eigenvalue weighted by Crippen LogP contribution is -2.48. The molecule has 10 nitrogen and oxygen atoms in total. The average Bonchev–Trinajstić information content (AvgIpc) is 2.76. The smallest absolute Gasteiger partial charge is 0.475 e. The zero-order valence-electron chi connectivity index (χ0n) is 18.9. The third kappa shape index (κ3) is 9.84. The Bertz CT molecular complexity index is 979. The molecule has 34 heavy (non-hydrogen) atoms. The first-order chi connectivity index (χ1) is 15.7. The molecule has 0 atom stereocenters. The zero-order valence-corrected chi connectivity index (χ0v) is 20.5. The van der Waals surface area contributed by atoms with Crippen LogP contribution >= 0.6 is 0 Å². The molecule has 196 valence electrons. The molecule has 0 unspecified atom stereocenters. The van der Waals surface area contributed by atoms with Crippen LogP contribution in [0.3, 0.4) is 0 Å². The van der Waals surface area contributed by atoms with E-state index in [9.17, 15) is 30.0 Å². The molecule has 2 rings (SSSR count). The van der Waals surface area contributed by atoms with E-state index in [1.165, 1.54) is 8.61 Å². The fourth-order valence-electron chi connectivity index (χ4n) is 2.87. The van der Waals surface area contributed by atoms with Gasteiger partial charge in [0, 0.05) is 53.0 Å². The summed E-state index contributed by atoms with van der Waals surface area (Å²) in [7, 11) is -5.72. The molecule has 2 N–H and O–H groups in total. The predicted octanol–water partition coefficient (Wildman–Crippen LogP) is 0.891. The molecule has 0 amide bonds. The SMILES string of the molecule is COCCCN(CCS(=O)(=O)N1CCNCC1)S(=O)(=O)c1ccc(C)cc1.O=C(O)C(F)(F)F. The molecule has 0 radical (unpaired) electrons. The van der Waals surface area contributed by atoms with Crippen molar-refractivity contribution in [1.82, 2.24) is 13.9 Å². The van der Waals surface area contributed by atoms with Crippen molar-refractivity contribution in [2.75, 3.05) is 58.7 Å². The first kappa shape index (κ1) is 30.3. The normalized spacial score (nSPS) is 15.6. The van der Waals surface area contributed by atoms with E-state index in [1.54, 1.807) is 31.4 Å². The fraction of sp³-hybridized carbons (Fsp3) is 0.632. The summed E-state index contributed by atoms with van der Waals surface area (Å²) < 4.78 is 90.6. The van der Waals surface area contributed by atoms with Gasteiger partial charge in [-0.15, -0.1) is 0 Å². The molecule has 1 aliphatic heterocycles. The van der Waals surface area contributed by atoms with Crippen LogP contribution in [0.25, 0.3) is 0 Å². The van der Waals surface area contributed by atoms with Gasteiger partial charge in [0.05, 0.1) is 10.6 Å². The standard InChI is InChI=1S/C17H29N3O5S2.C2HF3O2/c1-16-4-6-17(7-5-16)27(23,24)20(10-3-14-25-2)13-15-26(21,22)19-11-8-18-9-12-19;3-2(4,5)1(6)7/h4-7,18H,3,8-15H2,1-2H3;(H,6,7). The number of ether oxygens (including phenoxy) is 1. The van der Waals surface area contributed by atoms with E-state index in [0.717, 1.165) is 5.56 Å². The second kappa shape index (κ2) is 13.3. The molecule has 0 aromatic heterocycles. The number of alkyl halides is 3. The summed E-state index contributed by atoms with van der Waals surface area (Å²) in [5.41, 5.74) is 0.959. The fourth-order valence-corrected chi connectivity index (χ4v) is 5.91. The number of piperazine rings is 1. The Morgan fingerprint density at radius 3 is 2.12 bits per heavy atom. The number of hydrogen-bond donors (Lipinski definition) is 2. The summed E-state index contributed by atoms with van der Waals surface area (Å²) in [6.45, 7) is 4.47. The number of sulfonamides is 2. The van der Waals surface area contributed by atoms with Crippen LogP contribution < -0.4 is 5.32 Å². The number of aryl methyl sites for hydroxylation is 1. The number of benzene rings is 1. The van der Waals surface area contributed by atoms with Gasteiger partial charge in [-0.05, 0) is 25.5 Å². The Balaban J connectivity index is 0.000000718. The van der Waals surface area contributed by atoms with Gasteiger partial charge in [0.25, 0.3) is 0 Å². The minimum absolute atomic E-state index is 0.0772. The lowest BCUT2D eigenvalue weighted by atomic mass is 10.2. The van der Waals surface area contributed by atoms with E-state index in [0.29, 0.717) is 39.2 Å². The topological polar surface area (TPSA) is 133 Å². The summed E-state index contributed by atoms with van der Waals surface area (Å²) in [6.07, 6.45) is -4.59. The van der Waals surface area contributed by atoms with Crippen molar-refractivity contribution < 1.29 is 44.6 Å². The van der Waals surface area contributed by atoms with Crippen molar-refractivity contribution in [1.29, 1.82) is 0 Å². The van der Waals surface area contributed by atoms with Gasteiger partial charge in [0.15, 0.2) is 0 Å². The van der Waals surface area contributed by atoms with Crippen LogP contribution in [-0.4, -0.2) is 101 Å². The van der Waals surface area contributed by atoms with Crippen LogP contribution in [-0.2, 0) is 29.6 Å². The molecule has 1 fully saturated rings. The Hall–Kier alpha value is -1.78. The van der Waals surface area contributed by atoms with Gasteiger partial charge in [-0.2, -0.15) is 21.8 Å². The third-order valence-electron chi connectivity index (χ3n) is 4.73. The maximum atomic E-state index is 13.0. The van der Waals surface area contributed by atoms with E-state index in [1.807, 2.05) is 6.92 Å². The molecule has 1 aromatic carbocycles. The molecule has 0 bridgehead atoms. The van der Waals surface area contributed by atoms with Gasteiger partial charge >= 0.3 is 12.1 Å². The molecular formula is C19H30F3N3O7S2. The number of aliphatic carboxylic acids is 1. The molecule has 0 spiro atoms. The van der Waals surface area contributed by atoms with Crippen molar-refractivity contribution in [3.63, 3.8) is 0 Å². The molecule has 0 aliphatic carbocycles. The van der Waals surface area contributed by atoms with Gasteiger partial charge in [0.2, 0.25) is 20.0 Å². The predicted molar refractivity (Wildman–Crippen MR) is 118 cm³/mol. The van der Waals surface area contributed by atoms with Crippen LogP contribution in [0.4, 0.5) is 13.2 Å². The van der Waals surface area contributed by atoms with Crippen LogP contribution in [0.2, 0.25) is 0 Å². The first-order valence-corrected chi connectivity index (χ1v) is 13.3. The van der Waals surface area contributed by atoms with E-state index in [4.69, 9.17) is 14.6 Å². The maximum Gasteiger partial charge on any atom is 0.490 e. The summed E-state index contributed by atoms with van der Waals surface area (Å²) in [5.74, 6) is -2.99. The third-order valence-corrected chi connectivity index (χ3v) is 8.49. The maximum absolute atomic E-state index is 13.0. The highest BCUT2D eigenvalue weighted by Gasteiger charge is 2.38. The van der Waals surface area contributed by atoms with E-state index in [-0.39, 0.29) is 23.7 Å². The number of methoxy groups -OCH3 is 1.